The number of carbonyl (C=O) groups is 1. The molecule has 1 saturated carbocycles. The Balaban J connectivity index is 1.27. The maximum Gasteiger partial charge on any atom is 0.222 e. The van der Waals surface area contributed by atoms with Crippen molar-refractivity contribution in [3.8, 4) is 11.3 Å². The highest BCUT2D eigenvalue weighted by Crippen LogP contribution is 2.30. The molecule has 1 saturated heterocycles. The number of imidazole rings is 1. The summed E-state index contributed by atoms with van der Waals surface area (Å²) in [5, 5.41) is 0. The zero-order valence-electron chi connectivity index (χ0n) is 17.7. The number of amides is 1. The number of nitrogens with zero attached hydrogens (tertiary/aromatic N) is 3. The number of benzene rings is 1. The molecule has 2 aliphatic rings. The zero-order chi connectivity index (χ0) is 20.2. The van der Waals surface area contributed by atoms with Crippen LogP contribution in [0.4, 0.5) is 0 Å². The van der Waals surface area contributed by atoms with Gasteiger partial charge >= 0.3 is 0 Å². The van der Waals surface area contributed by atoms with E-state index in [9.17, 15) is 4.79 Å². The highest BCUT2D eigenvalue weighted by atomic mass is 16.5. The minimum Gasteiger partial charge on any atom is -0.381 e. The SMILES string of the molecule is COC1CCC(CC(=O)N2CCC(n3cnc(-c4ccc(C)cc4)c3)CC2)CC1. The monoisotopic (exact) mass is 395 g/mol. The Morgan fingerprint density at radius 1 is 1.07 bits per heavy atom. The van der Waals surface area contributed by atoms with Gasteiger partial charge in [0.05, 0.1) is 18.1 Å². The molecule has 1 aliphatic carbocycles. The van der Waals surface area contributed by atoms with Gasteiger partial charge in [-0.15, -0.1) is 0 Å². The standard InChI is InChI=1S/C24H33N3O2/c1-18-3-7-20(8-4-18)23-16-27(17-25-23)21-11-13-26(14-12-21)24(28)15-19-5-9-22(29-2)10-6-19/h3-4,7-8,16-17,19,21-22H,5-6,9-15H2,1-2H3. The van der Waals surface area contributed by atoms with Crippen LogP contribution < -0.4 is 0 Å². The van der Waals surface area contributed by atoms with Gasteiger partial charge in [0, 0.05) is 44.4 Å². The maximum atomic E-state index is 12.8. The normalized spacial score (nSPS) is 23.3. The molecule has 0 spiro atoms. The van der Waals surface area contributed by atoms with Gasteiger partial charge in [0.2, 0.25) is 5.91 Å². The quantitative estimate of drug-likeness (QED) is 0.742. The molecule has 5 nitrogen and oxygen atoms in total. The van der Waals surface area contributed by atoms with Crippen LogP contribution in [0.25, 0.3) is 11.3 Å². The summed E-state index contributed by atoms with van der Waals surface area (Å²) in [5.74, 6) is 0.882. The van der Waals surface area contributed by atoms with Crippen molar-refractivity contribution in [3.05, 3.63) is 42.4 Å². The molecule has 156 valence electrons. The molecule has 0 N–H and O–H groups in total. The molecular weight excluding hydrogens is 362 g/mol. The number of ether oxygens (including phenoxy) is 1. The van der Waals surface area contributed by atoms with Crippen LogP contribution in [0.3, 0.4) is 0 Å². The Labute approximate surface area is 174 Å². The van der Waals surface area contributed by atoms with Gasteiger partial charge in [0.1, 0.15) is 0 Å². The average Bonchev–Trinajstić information content (AvgIpc) is 3.25. The summed E-state index contributed by atoms with van der Waals surface area (Å²) in [6.07, 6.45) is 11.7. The molecule has 2 heterocycles. The first-order valence-corrected chi connectivity index (χ1v) is 11.0. The topological polar surface area (TPSA) is 47.4 Å². The van der Waals surface area contributed by atoms with Crippen molar-refractivity contribution < 1.29 is 9.53 Å². The fourth-order valence-electron chi connectivity index (χ4n) is 4.77. The molecule has 0 unspecified atom stereocenters. The van der Waals surface area contributed by atoms with E-state index in [1.165, 1.54) is 5.56 Å². The van der Waals surface area contributed by atoms with Gasteiger partial charge in [-0.2, -0.15) is 0 Å². The van der Waals surface area contributed by atoms with Crippen molar-refractivity contribution >= 4 is 5.91 Å². The summed E-state index contributed by atoms with van der Waals surface area (Å²) in [5.41, 5.74) is 3.44. The molecule has 5 heteroatoms. The molecule has 0 radical (unpaired) electrons. The van der Waals surface area contributed by atoms with Gasteiger partial charge in [0.15, 0.2) is 0 Å². The van der Waals surface area contributed by atoms with E-state index in [0.29, 0.717) is 30.4 Å². The van der Waals surface area contributed by atoms with E-state index in [4.69, 9.17) is 4.74 Å². The molecular formula is C24H33N3O2. The third kappa shape index (κ3) is 4.89. The predicted molar refractivity (Wildman–Crippen MR) is 115 cm³/mol. The first-order chi connectivity index (χ1) is 14.1. The maximum absolute atomic E-state index is 12.8. The van der Waals surface area contributed by atoms with E-state index in [-0.39, 0.29) is 0 Å². The lowest BCUT2D eigenvalue weighted by molar-refractivity contribution is -0.134. The number of aryl methyl sites for hydroxylation is 1. The largest absolute Gasteiger partial charge is 0.381 e. The molecule has 0 bridgehead atoms. The van der Waals surface area contributed by atoms with Crippen LogP contribution in [-0.2, 0) is 9.53 Å². The van der Waals surface area contributed by atoms with Gasteiger partial charge < -0.3 is 14.2 Å². The third-order valence-corrected chi connectivity index (χ3v) is 6.78. The second kappa shape index (κ2) is 9.12. The number of hydrogen-bond donors (Lipinski definition) is 0. The van der Waals surface area contributed by atoms with Gasteiger partial charge in [-0.05, 0) is 51.4 Å². The van der Waals surface area contributed by atoms with Crippen LogP contribution in [-0.4, -0.2) is 46.7 Å². The highest BCUT2D eigenvalue weighted by molar-refractivity contribution is 5.76. The van der Waals surface area contributed by atoms with Crippen LogP contribution in [0.15, 0.2) is 36.8 Å². The lowest BCUT2D eigenvalue weighted by Gasteiger charge is -2.34. The lowest BCUT2D eigenvalue weighted by Crippen LogP contribution is -2.40. The Morgan fingerprint density at radius 2 is 1.76 bits per heavy atom. The van der Waals surface area contributed by atoms with E-state index in [2.05, 4.69) is 51.8 Å². The second-order valence-electron chi connectivity index (χ2n) is 8.77. The fourth-order valence-corrected chi connectivity index (χ4v) is 4.77. The van der Waals surface area contributed by atoms with Crippen molar-refractivity contribution in [1.82, 2.24) is 14.5 Å². The van der Waals surface area contributed by atoms with Crippen molar-refractivity contribution in [1.29, 1.82) is 0 Å². The summed E-state index contributed by atoms with van der Waals surface area (Å²) < 4.78 is 7.69. The van der Waals surface area contributed by atoms with E-state index in [0.717, 1.165) is 62.9 Å². The van der Waals surface area contributed by atoms with Gasteiger partial charge in [-0.3, -0.25) is 4.79 Å². The van der Waals surface area contributed by atoms with Crippen LogP contribution in [0.2, 0.25) is 0 Å². The Hall–Kier alpha value is -2.14. The van der Waals surface area contributed by atoms with Gasteiger partial charge in [-0.25, -0.2) is 4.98 Å². The lowest BCUT2D eigenvalue weighted by atomic mass is 9.85. The number of hydrogen-bond acceptors (Lipinski definition) is 3. The zero-order valence-corrected chi connectivity index (χ0v) is 17.7. The molecule has 2 aromatic rings. The molecule has 4 rings (SSSR count). The Kier molecular flexibility index (Phi) is 6.34. The fraction of sp³-hybridized carbons (Fsp3) is 0.583. The smallest absolute Gasteiger partial charge is 0.222 e. The van der Waals surface area contributed by atoms with Crippen LogP contribution >= 0.6 is 0 Å². The first kappa shape index (κ1) is 20.1. The molecule has 1 amide bonds. The summed E-state index contributed by atoms with van der Waals surface area (Å²) in [6.45, 7) is 3.81. The minimum absolute atomic E-state index is 0.343. The van der Waals surface area contributed by atoms with Crippen molar-refractivity contribution in [3.63, 3.8) is 0 Å². The Morgan fingerprint density at radius 3 is 2.41 bits per heavy atom. The first-order valence-electron chi connectivity index (χ1n) is 11.0. The van der Waals surface area contributed by atoms with Crippen molar-refractivity contribution in [2.24, 2.45) is 5.92 Å². The van der Waals surface area contributed by atoms with Gasteiger partial charge in [0.25, 0.3) is 0 Å². The average molecular weight is 396 g/mol. The van der Waals surface area contributed by atoms with Gasteiger partial charge in [-0.1, -0.05) is 29.8 Å². The van der Waals surface area contributed by atoms with E-state index < -0.39 is 0 Å². The predicted octanol–water partition coefficient (Wildman–Crippen LogP) is 4.62. The number of aromatic nitrogens is 2. The second-order valence-corrected chi connectivity index (χ2v) is 8.77. The van der Waals surface area contributed by atoms with Crippen LogP contribution in [0.5, 0.6) is 0 Å². The summed E-state index contributed by atoms with van der Waals surface area (Å²) >= 11 is 0. The molecule has 1 aromatic heterocycles. The number of carbonyl (C=O) groups excluding carboxylic acids is 1. The van der Waals surface area contributed by atoms with E-state index >= 15 is 0 Å². The number of piperidine rings is 1. The van der Waals surface area contributed by atoms with Crippen LogP contribution in [0, 0.1) is 12.8 Å². The highest BCUT2D eigenvalue weighted by Gasteiger charge is 2.28. The summed E-state index contributed by atoms with van der Waals surface area (Å²) in [4.78, 5) is 19.4. The van der Waals surface area contributed by atoms with Crippen molar-refractivity contribution in [2.45, 2.75) is 64.0 Å². The molecule has 0 atom stereocenters. The van der Waals surface area contributed by atoms with Crippen molar-refractivity contribution in [2.75, 3.05) is 20.2 Å². The molecule has 1 aromatic carbocycles. The van der Waals surface area contributed by atoms with E-state index in [1.54, 1.807) is 7.11 Å². The summed E-state index contributed by atoms with van der Waals surface area (Å²) in [6, 6.07) is 8.94. The Bertz CT molecular complexity index is 798. The van der Waals surface area contributed by atoms with E-state index in [1.807, 2.05) is 6.33 Å². The minimum atomic E-state index is 0.343. The number of methoxy groups -OCH3 is 1. The summed E-state index contributed by atoms with van der Waals surface area (Å²) in [7, 11) is 1.80. The van der Waals surface area contributed by atoms with Crippen LogP contribution in [0.1, 0.15) is 56.6 Å². The third-order valence-electron chi connectivity index (χ3n) is 6.78. The molecule has 29 heavy (non-hydrogen) atoms. The number of likely N-dealkylation sites (tertiary alicyclic amines) is 1. The number of rotatable bonds is 5. The molecule has 2 fully saturated rings. The molecule has 1 aliphatic heterocycles.